The number of nitrogens with one attached hydrogen (secondary N) is 2. The van der Waals surface area contributed by atoms with Gasteiger partial charge in [0, 0.05) is 29.0 Å². The Bertz CT molecular complexity index is 875. The first-order valence-electron chi connectivity index (χ1n) is 8.43. The topological polar surface area (TPSA) is 41.1 Å². The maximum absolute atomic E-state index is 12.2. The highest BCUT2D eigenvalue weighted by Gasteiger charge is 2.34. The summed E-state index contributed by atoms with van der Waals surface area (Å²) in [4.78, 5) is 12.2. The molecule has 1 heterocycles. The summed E-state index contributed by atoms with van der Waals surface area (Å²) in [5.41, 5.74) is 3.41. The van der Waals surface area contributed by atoms with Gasteiger partial charge in [-0.25, -0.2) is 0 Å². The van der Waals surface area contributed by atoms with Crippen molar-refractivity contribution in [2.45, 2.75) is 12.2 Å². The average Bonchev–Trinajstić information content (AvgIpc) is 2.67. The number of rotatable bonds is 4. The lowest BCUT2D eigenvalue weighted by molar-refractivity contribution is -0.111. The maximum Gasteiger partial charge on any atom is 0.378 e. The zero-order valence-electron chi connectivity index (χ0n) is 14.0. The highest BCUT2D eigenvalue weighted by atomic mass is 32.2. The Labute approximate surface area is 152 Å². The van der Waals surface area contributed by atoms with Gasteiger partial charge < -0.3 is 10.5 Å². The van der Waals surface area contributed by atoms with Crippen LogP contribution in [0.5, 0.6) is 0 Å². The Hall–Kier alpha value is -2.40. The molecule has 0 fully saturated rings. The van der Waals surface area contributed by atoms with Gasteiger partial charge in [-0.2, -0.15) is 0 Å². The Morgan fingerprint density at radius 2 is 1.60 bits per heavy atom. The second kappa shape index (κ2) is 6.85. The summed E-state index contributed by atoms with van der Waals surface area (Å²) in [6.45, 7) is -0.0287. The van der Waals surface area contributed by atoms with Crippen LogP contribution in [0.4, 0.5) is 11.4 Å². The summed E-state index contributed by atoms with van der Waals surface area (Å²) >= 11 is 1.30. The van der Waals surface area contributed by atoms with Crippen molar-refractivity contribution in [3.05, 3.63) is 72.3 Å². The van der Waals surface area contributed by atoms with Crippen LogP contribution in [0.1, 0.15) is 17.8 Å². The molecule has 124 valence electrons. The van der Waals surface area contributed by atoms with E-state index in [9.17, 15) is 4.79 Å². The minimum Gasteiger partial charge on any atom is -0.408 e. The zero-order chi connectivity index (χ0) is 17.2. The fourth-order valence-corrected chi connectivity index (χ4v) is 3.89. The van der Waals surface area contributed by atoms with Crippen molar-refractivity contribution >= 4 is 46.0 Å². The number of thioether (sulfide) groups is 1. The minimum atomic E-state index is -0.0287. The van der Waals surface area contributed by atoms with Crippen LogP contribution in [0, 0.1) is 0 Å². The average molecular weight is 346 g/mol. The predicted octanol–water partition coefficient (Wildman–Crippen LogP) is 4.77. The fourth-order valence-electron chi connectivity index (χ4n) is 3.55. The second-order valence-corrected chi connectivity index (χ2v) is 7.14. The number of hydrogen-bond acceptors (Lipinski definition) is 4. The molecule has 0 saturated heterocycles. The summed E-state index contributed by atoms with van der Waals surface area (Å²) < 4.78 is 0. The number of hydrogen-bond donors (Lipinski definition) is 2. The molecule has 3 aromatic carbocycles. The third-order valence-electron chi connectivity index (χ3n) is 4.77. The third kappa shape index (κ3) is 3.12. The van der Waals surface area contributed by atoms with Gasteiger partial charge in [-0.15, -0.1) is 0 Å². The first-order chi connectivity index (χ1) is 12.3. The first kappa shape index (κ1) is 16.1. The van der Waals surface area contributed by atoms with Gasteiger partial charge in [0.15, 0.2) is 5.12 Å². The van der Waals surface area contributed by atoms with Crippen molar-refractivity contribution in [1.29, 1.82) is 0 Å². The molecule has 4 rings (SSSR count). The van der Waals surface area contributed by atoms with Crippen LogP contribution in [0.15, 0.2) is 66.7 Å². The summed E-state index contributed by atoms with van der Waals surface area (Å²) in [6, 6.07) is 22.9. The van der Waals surface area contributed by atoms with Gasteiger partial charge in [0.25, 0.3) is 0 Å². The summed E-state index contributed by atoms with van der Waals surface area (Å²) in [6.07, 6.45) is 2.34. The zero-order valence-corrected chi connectivity index (χ0v) is 14.8. The van der Waals surface area contributed by atoms with Crippen molar-refractivity contribution in [2.75, 3.05) is 16.7 Å². The van der Waals surface area contributed by atoms with Gasteiger partial charge in [0.1, 0.15) is 0 Å². The summed E-state index contributed by atoms with van der Waals surface area (Å²) in [5, 5.41) is 9.86. The van der Waals surface area contributed by atoms with Gasteiger partial charge in [-0.1, -0.05) is 66.4 Å². The van der Waals surface area contributed by atoms with E-state index in [1.165, 1.54) is 28.1 Å². The smallest absolute Gasteiger partial charge is 0.378 e. The lowest BCUT2D eigenvalue weighted by atomic mass is 9.57. The minimum absolute atomic E-state index is 0.0287. The van der Waals surface area contributed by atoms with Crippen LogP contribution >= 0.6 is 11.8 Å². The molecule has 3 aromatic rings. The van der Waals surface area contributed by atoms with E-state index in [2.05, 4.69) is 59.0 Å². The van der Waals surface area contributed by atoms with Crippen molar-refractivity contribution in [3.8, 4) is 0 Å². The number of carbonyl (C=O) groups excluding carboxylic acids is 1. The van der Waals surface area contributed by atoms with E-state index >= 15 is 0 Å². The molecule has 5 heteroatoms. The Morgan fingerprint density at radius 1 is 0.960 bits per heavy atom. The first-order valence-corrected chi connectivity index (χ1v) is 9.65. The molecule has 1 aliphatic heterocycles. The van der Waals surface area contributed by atoms with E-state index in [0.29, 0.717) is 6.42 Å². The van der Waals surface area contributed by atoms with E-state index in [1.807, 2.05) is 24.5 Å². The molecule has 0 bridgehead atoms. The van der Waals surface area contributed by atoms with E-state index in [1.54, 1.807) is 0 Å². The summed E-state index contributed by atoms with van der Waals surface area (Å²) in [7, 11) is 0. The number of carbonyl (C=O) groups is 1. The van der Waals surface area contributed by atoms with Crippen molar-refractivity contribution in [1.82, 2.24) is 0 Å². The van der Waals surface area contributed by atoms with Gasteiger partial charge in [0.2, 0.25) is 0 Å². The van der Waals surface area contributed by atoms with Crippen LogP contribution in [-0.2, 0) is 4.79 Å². The molecule has 0 aliphatic carbocycles. The highest BCUT2D eigenvalue weighted by molar-refractivity contribution is 8.13. The molecule has 0 amide bonds. The highest BCUT2D eigenvalue weighted by Crippen LogP contribution is 2.37. The van der Waals surface area contributed by atoms with E-state index in [4.69, 9.17) is 0 Å². The Kier molecular flexibility index (Phi) is 4.41. The van der Waals surface area contributed by atoms with E-state index in [-0.39, 0.29) is 17.9 Å². The van der Waals surface area contributed by atoms with Crippen LogP contribution in [0.25, 0.3) is 10.8 Å². The molecule has 0 spiro atoms. The third-order valence-corrected chi connectivity index (χ3v) is 5.39. The predicted molar refractivity (Wildman–Crippen MR) is 109 cm³/mol. The monoisotopic (exact) mass is 346 g/mol. The molecule has 0 saturated carbocycles. The molecular weight excluding hydrogens is 327 g/mol. The van der Waals surface area contributed by atoms with Gasteiger partial charge in [0.05, 0.1) is 0 Å². The Balaban J connectivity index is 1.73. The van der Waals surface area contributed by atoms with Crippen LogP contribution in [0.2, 0.25) is 0 Å². The largest absolute Gasteiger partial charge is 0.408 e. The molecule has 0 unspecified atom stereocenters. The van der Waals surface area contributed by atoms with Gasteiger partial charge in [-0.05, 0) is 29.3 Å². The normalized spacial score (nSPS) is 13.9. The van der Waals surface area contributed by atoms with Crippen molar-refractivity contribution in [2.24, 2.45) is 0 Å². The standard InChI is InChI=1S/C20H19BN2OS/c1-25-19(24)13-16(14-7-3-2-4-8-14)21-22-17-11-5-9-15-10-6-12-18(23-21)20(15)17/h2-12,16,22-23H,13H2,1H3/t16-/m0/s1. The van der Waals surface area contributed by atoms with Gasteiger partial charge >= 0.3 is 6.98 Å². The molecule has 2 N–H and O–H groups in total. The van der Waals surface area contributed by atoms with Crippen LogP contribution < -0.4 is 10.5 Å². The lowest BCUT2D eigenvalue weighted by Gasteiger charge is -2.31. The SMILES string of the molecule is CSC(=O)C[C@H](B1Nc2cccc3cccc(c23)N1)c1ccccc1. The molecule has 1 aliphatic rings. The molecule has 1 atom stereocenters. The molecule has 3 nitrogen and oxygen atoms in total. The molecule has 0 radical (unpaired) electrons. The fraction of sp³-hybridized carbons (Fsp3) is 0.150. The maximum atomic E-state index is 12.2. The Morgan fingerprint density at radius 3 is 2.20 bits per heavy atom. The molecule has 0 aromatic heterocycles. The van der Waals surface area contributed by atoms with Crippen LogP contribution in [0.3, 0.4) is 0 Å². The number of anilines is 2. The molecular formula is C20H19BN2OS. The van der Waals surface area contributed by atoms with Crippen molar-refractivity contribution in [3.63, 3.8) is 0 Å². The van der Waals surface area contributed by atoms with Crippen molar-refractivity contribution < 1.29 is 4.79 Å². The van der Waals surface area contributed by atoms with E-state index < -0.39 is 0 Å². The second-order valence-electron chi connectivity index (χ2n) is 6.27. The lowest BCUT2D eigenvalue weighted by Crippen LogP contribution is -2.43. The molecule has 25 heavy (non-hydrogen) atoms. The quantitative estimate of drug-likeness (QED) is 0.668. The van der Waals surface area contributed by atoms with Gasteiger partial charge in [-0.3, -0.25) is 4.79 Å². The summed E-state index contributed by atoms with van der Waals surface area (Å²) in [5.74, 6) is 0.0600. The van der Waals surface area contributed by atoms with Crippen LogP contribution in [-0.4, -0.2) is 18.4 Å². The van der Waals surface area contributed by atoms with E-state index in [0.717, 1.165) is 11.4 Å². The number of benzene rings is 3.